The summed E-state index contributed by atoms with van der Waals surface area (Å²) in [4.78, 5) is 15.4. The van der Waals surface area contributed by atoms with Crippen molar-refractivity contribution in [3.63, 3.8) is 0 Å². The number of hydrogen-bond acceptors (Lipinski definition) is 5. The van der Waals surface area contributed by atoms with Crippen molar-refractivity contribution in [2.45, 2.75) is 12.8 Å². The quantitative estimate of drug-likeness (QED) is 0.339. The second-order valence-electron chi connectivity index (χ2n) is 8.26. The molecule has 6 nitrogen and oxygen atoms in total. The van der Waals surface area contributed by atoms with Gasteiger partial charge >= 0.3 is 0 Å². The number of nitrogens with zero attached hydrogens (tertiary/aromatic N) is 1. The first-order chi connectivity index (χ1) is 17.6. The van der Waals surface area contributed by atoms with Crippen molar-refractivity contribution in [2.24, 2.45) is 0 Å². The molecular formula is C29H25FN2O4. The van der Waals surface area contributed by atoms with E-state index in [4.69, 9.17) is 14.2 Å². The van der Waals surface area contributed by atoms with Crippen molar-refractivity contribution in [1.29, 1.82) is 0 Å². The molecule has 36 heavy (non-hydrogen) atoms. The third-order valence-electron chi connectivity index (χ3n) is 6.12. The van der Waals surface area contributed by atoms with Crippen LogP contribution in [0.5, 0.6) is 17.2 Å². The Morgan fingerprint density at radius 3 is 2.36 bits per heavy atom. The number of hydrogen-bond donors (Lipinski definition) is 1. The molecule has 1 atom stereocenters. The van der Waals surface area contributed by atoms with Gasteiger partial charge in [0.25, 0.3) is 5.91 Å². The van der Waals surface area contributed by atoms with E-state index in [0.717, 1.165) is 16.8 Å². The molecule has 1 heterocycles. The van der Waals surface area contributed by atoms with Gasteiger partial charge in [0.2, 0.25) is 0 Å². The molecule has 4 aromatic rings. The normalized spacial score (nSPS) is 14.6. The van der Waals surface area contributed by atoms with E-state index in [1.165, 1.54) is 6.07 Å². The van der Waals surface area contributed by atoms with Crippen LogP contribution in [0.15, 0.2) is 91.0 Å². The molecule has 0 bridgehead atoms. The van der Waals surface area contributed by atoms with E-state index < -0.39 is 12.0 Å². The SMILES string of the molecule is COc1ccc(N2C(=O)c3ccccc3NC2c2ccc(OC)c(COc3ccccc3F)c2)cc1. The Morgan fingerprint density at radius 2 is 1.61 bits per heavy atom. The summed E-state index contributed by atoms with van der Waals surface area (Å²) < 4.78 is 30.7. The van der Waals surface area contributed by atoms with Crippen LogP contribution in [0.4, 0.5) is 15.8 Å². The summed E-state index contributed by atoms with van der Waals surface area (Å²) in [5, 5.41) is 3.50. The van der Waals surface area contributed by atoms with E-state index in [2.05, 4.69) is 5.32 Å². The zero-order valence-corrected chi connectivity index (χ0v) is 19.9. The number of methoxy groups -OCH3 is 2. The molecule has 4 aromatic carbocycles. The van der Waals surface area contributed by atoms with Crippen molar-refractivity contribution < 1.29 is 23.4 Å². The number of carbonyl (C=O) groups is 1. The number of anilines is 2. The summed E-state index contributed by atoms with van der Waals surface area (Å²) in [6, 6.07) is 26.7. The topological polar surface area (TPSA) is 60.0 Å². The fourth-order valence-corrected chi connectivity index (χ4v) is 4.29. The number of halogens is 1. The molecule has 0 saturated carbocycles. The molecule has 182 valence electrons. The van der Waals surface area contributed by atoms with E-state index in [1.54, 1.807) is 43.4 Å². The summed E-state index contributed by atoms with van der Waals surface area (Å²) in [6.07, 6.45) is -0.501. The lowest BCUT2D eigenvalue weighted by Crippen LogP contribution is -2.43. The third kappa shape index (κ3) is 4.43. The predicted octanol–water partition coefficient (Wildman–Crippen LogP) is 6.19. The smallest absolute Gasteiger partial charge is 0.262 e. The van der Waals surface area contributed by atoms with Crippen LogP contribution in [-0.4, -0.2) is 20.1 Å². The standard InChI is InChI=1S/C29H25FN2O4/c1-34-22-14-12-21(13-15-22)32-28(31-25-9-5-3-7-23(25)29(32)33)19-11-16-26(35-2)20(17-19)18-36-27-10-6-4-8-24(27)30/h3-17,28,31H,18H2,1-2H3. The number of nitrogens with one attached hydrogen (secondary N) is 1. The van der Waals surface area contributed by atoms with Gasteiger partial charge in [-0.1, -0.05) is 30.3 Å². The van der Waals surface area contributed by atoms with Gasteiger partial charge in [-0.15, -0.1) is 0 Å². The van der Waals surface area contributed by atoms with E-state index in [9.17, 15) is 9.18 Å². The monoisotopic (exact) mass is 484 g/mol. The fraction of sp³-hybridized carbons (Fsp3) is 0.138. The highest BCUT2D eigenvalue weighted by Crippen LogP contribution is 2.38. The highest BCUT2D eigenvalue weighted by atomic mass is 19.1. The molecule has 0 saturated heterocycles. The molecule has 0 aromatic heterocycles. The minimum Gasteiger partial charge on any atom is -0.497 e. The van der Waals surface area contributed by atoms with Crippen molar-refractivity contribution in [2.75, 3.05) is 24.4 Å². The zero-order valence-electron chi connectivity index (χ0n) is 19.9. The molecule has 0 aliphatic carbocycles. The molecular weight excluding hydrogens is 459 g/mol. The average Bonchev–Trinajstić information content (AvgIpc) is 2.92. The molecule has 7 heteroatoms. The molecule has 1 aliphatic heterocycles. The van der Waals surface area contributed by atoms with E-state index in [1.807, 2.05) is 60.7 Å². The number of benzene rings is 4. The van der Waals surface area contributed by atoms with Crippen LogP contribution in [-0.2, 0) is 6.61 Å². The van der Waals surface area contributed by atoms with Crippen LogP contribution in [0, 0.1) is 5.82 Å². The molecule has 0 fully saturated rings. The first-order valence-electron chi connectivity index (χ1n) is 11.5. The number of amides is 1. The van der Waals surface area contributed by atoms with Crippen molar-refractivity contribution in [1.82, 2.24) is 0 Å². The van der Waals surface area contributed by atoms with Crippen LogP contribution < -0.4 is 24.4 Å². The minimum atomic E-state index is -0.501. The molecule has 1 N–H and O–H groups in total. The van der Waals surface area contributed by atoms with Crippen LogP contribution in [0.2, 0.25) is 0 Å². The Hall–Kier alpha value is -4.52. The highest BCUT2D eigenvalue weighted by molar-refractivity contribution is 6.12. The van der Waals surface area contributed by atoms with E-state index in [-0.39, 0.29) is 18.3 Å². The first kappa shape index (κ1) is 23.2. The van der Waals surface area contributed by atoms with Crippen LogP contribution in [0.1, 0.15) is 27.7 Å². The molecule has 0 spiro atoms. The average molecular weight is 485 g/mol. The van der Waals surface area contributed by atoms with Crippen molar-refractivity contribution in [3.05, 3.63) is 114 Å². The summed E-state index contributed by atoms with van der Waals surface area (Å²) in [5.74, 6) is 0.900. The molecule has 1 unspecified atom stereocenters. The predicted molar refractivity (Wildman–Crippen MR) is 136 cm³/mol. The summed E-state index contributed by atoms with van der Waals surface area (Å²) in [5.41, 5.74) is 3.59. The largest absolute Gasteiger partial charge is 0.497 e. The lowest BCUT2D eigenvalue weighted by molar-refractivity contribution is 0.0975. The van der Waals surface area contributed by atoms with Gasteiger partial charge in [0.1, 0.15) is 24.3 Å². The minimum absolute atomic E-state index is 0.0950. The van der Waals surface area contributed by atoms with Gasteiger partial charge in [0.05, 0.1) is 19.8 Å². The number of para-hydroxylation sites is 2. The Labute approximate surface area is 208 Å². The van der Waals surface area contributed by atoms with Gasteiger partial charge in [0.15, 0.2) is 11.6 Å². The summed E-state index contributed by atoms with van der Waals surface area (Å²) in [6.45, 7) is 0.0950. The van der Waals surface area contributed by atoms with Gasteiger partial charge in [-0.25, -0.2) is 4.39 Å². The van der Waals surface area contributed by atoms with E-state index >= 15 is 0 Å². The molecule has 1 aliphatic rings. The lowest BCUT2D eigenvalue weighted by atomic mass is 10.0. The Balaban J connectivity index is 1.54. The highest BCUT2D eigenvalue weighted by Gasteiger charge is 2.34. The maximum atomic E-state index is 14.1. The van der Waals surface area contributed by atoms with E-state index in [0.29, 0.717) is 22.7 Å². The zero-order chi connectivity index (χ0) is 25.1. The van der Waals surface area contributed by atoms with Gasteiger partial charge in [-0.05, 0) is 66.2 Å². The second kappa shape index (κ2) is 10.00. The van der Waals surface area contributed by atoms with Crippen molar-refractivity contribution in [3.8, 4) is 17.2 Å². The Kier molecular flexibility index (Phi) is 6.45. The van der Waals surface area contributed by atoms with Crippen LogP contribution in [0.25, 0.3) is 0 Å². The van der Waals surface area contributed by atoms with Crippen molar-refractivity contribution >= 4 is 17.3 Å². The second-order valence-corrected chi connectivity index (χ2v) is 8.26. The van der Waals surface area contributed by atoms with Gasteiger partial charge in [0, 0.05) is 16.9 Å². The third-order valence-corrected chi connectivity index (χ3v) is 6.12. The Morgan fingerprint density at radius 1 is 0.861 bits per heavy atom. The van der Waals surface area contributed by atoms with Gasteiger partial charge < -0.3 is 19.5 Å². The summed E-state index contributed by atoms with van der Waals surface area (Å²) in [7, 11) is 3.17. The van der Waals surface area contributed by atoms with Gasteiger partial charge in [-0.3, -0.25) is 9.69 Å². The van der Waals surface area contributed by atoms with Gasteiger partial charge in [-0.2, -0.15) is 0 Å². The first-order valence-corrected chi connectivity index (χ1v) is 11.5. The molecule has 0 radical (unpaired) electrons. The maximum Gasteiger partial charge on any atom is 0.262 e. The molecule has 5 rings (SSSR count). The number of ether oxygens (including phenoxy) is 3. The fourth-order valence-electron chi connectivity index (χ4n) is 4.29. The lowest BCUT2D eigenvalue weighted by Gasteiger charge is -2.38. The number of carbonyl (C=O) groups excluding carboxylic acids is 1. The van der Waals surface area contributed by atoms with Crippen LogP contribution in [0.3, 0.4) is 0 Å². The number of rotatable bonds is 7. The Bertz CT molecular complexity index is 1390. The number of fused-ring (bicyclic) bond motifs is 1. The summed E-state index contributed by atoms with van der Waals surface area (Å²) >= 11 is 0. The van der Waals surface area contributed by atoms with Crippen LogP contribution >= 0.6 is 0 Å². The maximum absolute atomic E-state index is 14.1. The molecule has 1 amide bonds.